The van der Waals surface area contributed by atoms with Crippen molar-refractivity contribution in [2.75, 3.05) is 14.2 Å². The van der Waals surface area contributed by atoms with Gasteiger partial charge in [-0.15, -0.1) is 0 Å². The Balaban J connectivity index is 1.59. The van der Waals surface area contributed by atoms with Crippen molar-refractivity contribution in [3.63, 3.8) is 0 Å². The maximum atomic E-state index is 12.5. The molecule has 0 spiro atoms. The minimum absolute atomic E-state index is 0.341. The van der Waals surface area contributed by atoms with Crippen LogP contribution in [0.2, 0.25) is 0 Å². The highest BCUT2D eigenvalue weighted by molar-refractivity contribution is 6.09. The Bertz CT molecular complexity index is 1240. The van der Waals surface area contributed by atoms with Crippen LogP contribution in [0, 0.1) is 0 Å². The summed E-state index contributed by atoms with van der Waals surface area (Å²) in [5.41, 5.74) is 6.28. The molecule has 4 aromatic rings. The number of aromatic nitrogens is 1. The van der Waals surface area contributed by atoms with E-state index >= 15 is 0 Å². The van der Waals surface area contributed by atoms with E-state index in [4.69, 9.17) is 9.47 Å². The molecule has 1 N–H and O–H groups in total. The van der Waals surface area contributed by atoms with Gasteiger partial charge in [-0.2, -0.15) is 5.10 Å². The number of rotatable bonds is 6. The molecule has 30 heavy (non-hydrogen) atoms. The van der Waals surface area contributed by atoms with Gasteiger partial charge in [-0.05, 0) is 42.8 Å². The fraction of sp³-hybridized carbons (Fsp3) is 0.167. The smallest absolute Gasteiger partial charge is 0.271 e. The molecule has 6 heteroatoms. The summed E-state index contributed by atoms with van der Waals surface area (Å²) in [6, 6.07) is 19.5. The number of carbonyl (C=O) groups is 1. The fourth-order valence-electron chi connectivity index (χ4n) is 3.66. The zero-order valence-electron chi connectivity index (χ0n) is 17.2. The van der Waals surface area contributed by atoms with Gasteiger partial charge in [0.25, 0.3) is 5.91 Å². The fourth-order valence-corrected chi connectivity index (χ4v) is 3.66. The molecule has 0 aliphatic rings. The topological polar surface area (TPSA) is 64.9 Å². The highest BCUT2D eigenvalue weighted by atomic mass is 16.5. The van der Waals surface area contributed by atoms with E-state index in [9.17, 15) is 4.79 Å². The van der Waals surface area contributed by atoms with Gasteiger partial charge in [0.05, 0.1) is 20.4 Å². The zero-order valence-corrected chi connectivity index (χ0v) is 17.2. The SMILES string of the molecule is CCn1c2ccccc2c2cc(C=NNC(=O)c3cc(OC)cc(OC)c3)ccc21. The molecule has 0 bridgehead atoms. The van der Waals surface area contributed by atoms with Crippen molar-refractivity contribution in [3.8, 4) is 11.5 Å². The first-order valence-electron chi connectivity index (χ1n) is 9.72. The standard InChI is InChI=1S/C24H23N3O3/c1-4-27-22-8-6-5-7-20(22)21-11-16(9-10-23(21)27)15-25-26-24(28)17-12-18(29-2)14-19(13-17)30-3/h5-15H,4H2,1-3H3,(H,26,28). The number of methoxy groups -OCH3 is 2. The summed E-state index contributed by atoms with van der Waals surface area (Å²) in [6.07, 6.45) is 1.65. The van der Waals surface area contributed by atoms with E-state index in [-0.39, 0.29) is 5.91 Å². The molecule has 0 aliphatic heterocycles. The predicted molar refractivity (Wildman–Crippen MR) is 120 cm³/mol. The number of hydrogen-bond acceptors (Lipinski definition) is 4. The Morgan fingerprint density at radius 3 is 2.37 bits per heavy atom. The van der Waals surface area contributed by atoms with E-state index in [0.717, 1.165) is 12.1 Å². The van der Waals surface area contributed by atoms with Gasteiger partial charge in [-0.1, -0.05) is 24.3 Å². The van der Waals surface area contributed by atoms with Gasteiger partial charge in [0.2, 0.25) is 0 Å². The van der Waals surface area contributed by atoms with Crippen molar-refractivity contribution in [3.05, 3.63) is 71.8 Å². The van der Waals surface area contributed by atoms with Crippen LogP contribution in [0.1, 0.15) is 22.8 Å². The highest BCUT2D eigenvalue weighted by Crippen LogP contribution is 2.29. The summed E-state index contributed by atoms with van der Waals surface area (Å²) < 4.78 is 12.7. The van der Waals surface area contributed by atoms with E-state index in [1.54, 1.807) is 38.6 Å². The third-order valence-electron chi connectivity index (χ3n) is 5.11. The van der Waals surface area contributed by atoms with Gasteiger partial charge in [0, 0.05) is 40.0 Å². The average Bonchev–Trinajstić information content (AvgIpc) is 3.11. The number of hydrogen-bond donors (Lipinski definition) is 1. The number of para-hydroxylation sites is 1. The van der Waals surface area contributed by atoms with E-state index in [1.807, 2.05) is 12.1 Å². The Morgan fingerprint density at radius 1 is 0.967 bits per heavy atom. The second-order valence-corrected chi connectivity index (χ2v) is 6.84. The minimum atomic E-state index is -0.341. The summed E-state index contributed by atoms with van der Waals surface area (Å²) in [6.45, 7) is 3.04. The molecule has 0 saturated carbocycles. The van der Waals surface area contributed by atoms with Crippen molar-refractivity contribution >= 4 is 33.9 Å². The van der Waals surface area contributed by atoms with Crippen LogP contribution in [0.3, 0.4) is 0 Å². The Hall–Kier alpha value is -3.80. The normalized spacial score (nSPS) is 11.3. The van der Waals surface area contributed by atoms with Gasteiger partial charge >= 0.3 is 0 Å². The van der Waals surface area contributed by atoms with Crippen LogP contribution < -0.4 is 14.9 Å². The van der Waals surface area contributed by atoms with Crippen molar-refractivity contribution in [1.82, 2.24) is 9.99 Å². The number of aryl methyl sites for hydroxylation is 1. The van der Waals surface area contributed by atoms with E-state index in [1.165, 1.54) is 21.8 Å². The first kappa shape index (κ1) is 19.5. The zero-order chi connectivity index (χ0) is 21.1. The van der Waals surface area contributed by atoms with Crippen LogP contribution in [0.15, 0.2) is 65.8 Å². The number of benzene rings is 3. The third kappa shape index (κ3) is 3.59. The van der Waals surface area contributed by atoms with E-state index < -0.39 is 0 Å². The van der Waals surface area contributed by atoms with E-state index in [2.05, 4.69) is 52.3 Å². The van der Waals surface area contributed by atoms with Crippen LogP contribution in [0.25, 0.3) is 21.8 Å². The second kappa shape index (κ2) is 8.29. The Kier molecular flexibility index (Phi) is 5.39. The summed E-state index contributed by atoms with van der Waals surface area (Å²) >= 11 is 0. The molecular formula is C24H23N3O3. The van der Waals surface area contributed by atoms with Gasteiger partial charge < -0.3 is 14.0 Å². The molecular weight excluding hydrogens is 378 g/mol. The molecule has 0 aliphatic carbocycles. The summed E-state index contributed by atoms with van der Waals surface area (Å²) in [4.78, 5) is 12.5. The molecule has 3 aromatic carbocycles. The predicted octanol–water partition coefficient (Wildman–Crippen LogP) is 4.60. The first-order valence-corrected chi connectivity index (χ1v) is 9.72. The van der Waals surface area contributed by atoms with Crippen LogP contribution in [-0.2, 0) is 6.54 Å². The van der Waals surface area contributed by atoms with Crippen molar-refractivity contribution in [1.29, 1.82) is 0 Å². The lowest BCUT2D eigenvalue weighted by Crippen LogP contribution is -2.17. The van der Waals surface area contributed by atoms with E-state index in [0.29, 0.717) is 17.1 Å². The Labute approximate surface area is 174 Å². The quantitative estimate of drug-likeness (QED) is 0.379. The molecule has 1 heterocycles. The summed E-state index contributed by atoms with van der Waals surface area (Å²) in [7, 11) is 3.08. The van der Waals surface area contributed by atoms with Gasteiger partial charge in [0.1, 0.15) is 11.5 Å². The first-order chi connectivity index (χ1) is 14.6. The van der Waals surface area contributed by atoms with Crippen molar-refractivity contribution in [2.45, 2.75) is 13.5 Å². The molecule has 0 unspecified atom stereocenters. The molecule has 0 atom stereocenters. The average molecular weight is 401 g/mol. The van der Waals surface area contributed by atoms with Gasteiger partial charge in [-0.25, -0.2) is 5.43 Å². The lowest BCUT2D eigenvalue weighted by atomic mass is 10.1. The summed E-state index contributed by atoms with van der Waals surface area (Å²) in [5.74, 6) is 0.745. The minimum Gasteiger partial charge on any atom is -0.497 e. The van der Waals surface area contributed by atoms with Crippen molar-refractivity contribution < 1.29 is 14.3 Å². The Morgan fingerprint density at radius 2 is 1.67 bits per heavy atom. The van der Waals surface area contributed by atoms with Crippen molar-refractivity contribution in [2.24, 2.45) is 5.10 Å². The number of amides is 1. The molecule has 0 fully saturated rings. The van der Waals surface area contributed by atoms with Crippen LogP contribution in [0.4, 0.5) is 0 Å². The number of nitrogens with one attached hydrogen (secondary N) is 1. The highest BCUT2D eigenvalue weighted by Gasteiger charge is 2.10. The molecule has 4 rings (SSSR count). The maximum Gasteiger partial charge on any atom is 0.271 e. The number of fused-ring (bicyclic) bond motifs is 3. The molecule has 6 nitrogen and oxygen atoms in total. The molecule has 1 aromatic heterocycles. The third-order valence-corrected chi connectivity index (χ3v) is 5.11. The number of nitrogens with zero attached hydrogens (tertiary/aromatic N) is 2. The van der Waals surface area contributed by atoms with Gasteiger partial charge in [0.15, 0.2) is 0 Å². The molecule has 1 amide bonds. The lowest BCUT2D eigenvalue weighted by molar-refractivity contribution is 0.0954. The largest absolute Gasteiger partial charge is 0.497 e. The number of hydrazone groups is 1. The lowest BCUT2D eigenvalue weighted by Gasteiger charge is -2.07. The molecule has 152 valence electrons. The molecule has 0 radical (unpaired) electrons. The van der Waals surface area contributed by atoms with Crippen LogP contribution in [-0.4, -0.2) is 30.9 Å². The number of ether oxygens (including phenoxy) is 2. The summed E-state index contributed by atoms with van der Waals surface area (Å²) in [5, 5.41) is 6.50. The monoisotopic (exact) mass is 401 g/mol. The number of carbonyl (C=O) groups excluding carboxylic acids is 1. The van der Waals surface area contributed by atoms with Gasteiger partial charge in [-0.3, -0.25) is 4.79 Å². The van der Waals surface area contributed by atoms with Crippen LogP contribution >= 0.6 is 0 Å². The second-order valence-electron chi connectivity index (χ2n) is 6.84. The molecule has 0 saturated heterocycles. The van der Waals surface area contributed by atoms with Crippen LogP contribution in [0.5, 0.6) is 11.5 Å². The maximum absolute atomic E-state index is 12.5.